The summed E-state index contributed by atoms with van der Waals surface area (Å²) in [4.78, 5) is 0. The van der Waals surface area contributed by atoms with Gasteiger partial charge in [-0.2, -0.15) is 0 Å². The highest BCUT2D eigenvalue weighted by molar-refractivity contribution is 5.32. The molecule has 0 amide bonds. The number of alkyl halides is 3. The number of hydrogen-bond acceptors (Lipinski definition) is 2. The highest BCUT2D eigenvalue weighted by Gasteiger charge is 2.31. The van der Waals surface area contributed by atoms with Crippen LogP contribution in [0.4, 0.5) is 13.2 Å². The first-order chi connectivity index (χ1) is 17.0. The molecule has 6 heteroatoms. The largest absolute Gasteiger partial charge is 0.573 e. The number of ether oxygens (including phenoxy) is 1. The molecule has 0 aliphatic heterocycles. The summed E-state index contributed by atoms with van der Waals surface area (Å²) in [5.41, 5.74) is 3.38. The maximum atomic E-state index is 12.5. The van der Waals surface area contributed by atoms with Crippen LogP contribution in [0.2, 0.25) is 0 Å². The average molecular weight is 478 g/mol. The van der Waals surface area contributed by atoms with E-state index in [1.165, 1.54) is 23.3 Å². The lowest BCUT2D eigenvalue weighted by Crippen LogP contribution is -2.45. The number of pyridine rings is 1. The normalized spacial score (nSPS) is 12.5. The van der Waals surface area contributed by atoms with Crippen LogP contribution in [-0.4, -0.2) is 12.4 Å². The van der Waals surface area contributed by atoms with E-state index in [4.69, 9.17) is 0 Å². The van der Waals surface area contributed by atoms with Gasteiger partial charge in [-0.1, -0.05) is 78.9 Å². The fraction of sp³-hybridized carbons (Fsp3) is 0.207. The summed E-state index contributed by atoms with van der Waals surface area (Å²) in [6.07, 6.45) is 0.239. The van der Waals surface area contributed by atoms with Gasteiger partial charge in [0, 0.05) is 24.6 Å². The van der Waals surface area contributed by atoms with Gasteiger partial charge in [-0.25, -0.2) is 4.57 Å². The molecular formula is C29H28F3N2O+. The number of hydrogen-bond donors (Lipinski definition) is 1. The van der Waals surface area contributed by atoms with Gasteiger partial charge in [0.1, 0.15) is 5.75 Å². The third-order valence-corrected chi connectivity index (χ3v) is 5.88. The van der Waals surface area contributed by atoms with Crippen LogP contribution < -0.4 is 14.6 Å². The lowest BCUT2D eigenvalue weighted by atomic mass is 9.86. The van der Waals surface area contributed by atoms with E-state index in [1.807, 2.05) is 42.7 Å². The molecule has 0 radical (unpaired) electrons. The van der Waals surface area contributed by atoms with Crippen LogP contribution >= 0.6 is 0 Å². The van der Waals surface area contributed by atoms with E-state index < -0.39 is 6.36 Å². The fourth-order valence-electron chi connectivity index (χ4n) is 4.22. The topological polar surface area (TPSA) is 25.1 Å². The maximum Gasteiger partial charge on any atom is 0.573 e. The van der Waals surface area contributed by atoms with Crippen LogP contribution in [0, 0.1) is 0 Å². The van der Waals surface area contributed by atoms with Crippen LogP contribution in [0.3, 0.4) is 0 Å². The van der Waals surface area contributed by atoms with Crippen LogP contribution in [0.1, 0.15) is 29.0 Å². The van der Waals surface area contributed by atoms with E-state index in [2.05, 4.69) is 63.2 Å². The van der Waals surface area contributed by atoms with Crippen LogP contribution in [0.25, 0.3) is 0 Å². The molecule has 180 valence electrons. The van der Waals surface area contributed by atoms with E-state index in [-0.39, 0.29) is 17.7 Å². The van der Waals surface area contributed by atoms with Gasteiger partial charge in [-0.05, 0) is 35.2 Å². The first kappa shape index (κ1) is 24.5. The highest BCUT2D eigenvalue weighted by Crippen LogP contribution is 2.29. The van der Waals surface area contributed by atoms with Crippen LogP contribution in [0.5, 0.6) is 5.75 Å². The molecule has 1 N–H and O–H groups in total. The highest BCUT2D eigenvalue weighted by atomic mass is 19.4. The zero-order valence-electron chi connectivity index (χ0n) is 19.2. The third-order valence-electron chi connectivity index (χ3n) is 5.88. The van der Waals surface area contributed by atoms with Gasteiger partial charge >= 0.3 is 6.36 Å². The molecule has 0 fully saturated rings. The second-order valence-corrected chi connectivity index (χ2v) is 8.45. The maximum absolute atomic E-state index is 12.5. The zero-order valence-corrected chi connectivity index (χ0v) is 19.2. The number of halogens is 3. The molecule has 0 saturated carbocycles. The minimum Gasteiger partial charge on any atom is -0.406 e. The zero-order chi connectivity index (χ0) is 24.5. The van der Waals surface area contributed by atoms with E-state index in [0.717, 1.165) is 18.5 Å². The molecule has 35 heavy (non-hydrogen) atoms. The van der Waals surface area contributed by atoms with Gasteiger partial charge in [0.05, 0.1) is 6.04 Å². The van der Waals surface area contributed by atoms with Crippen molar-refractivity contribution >= 4 is 0 Å². The Bertz CT molecular complexity index is 1110. The molecule has 1 atom stereocenters. The first-order valence-corrected chi connectivity index (χ1v) is 11.6. The van der Waals surface area contributed by atoms with E-state index in [9.17, 15) is 13.2 Å². The van der Waals surface area contributed by atoms with Crippen molar-refractivity contribution in [2.75, 3.05) is 0 Å². The molecule has 0 aliphatic rings. The minimum atomic E-state index is -4.69. The summed E-state index contributed by atoms with van der Waals surface area (Å²) in [5, 5.41) is 3.64. The van der Waals surface area contributed by atoms with Gasteiger partial charge in [0.2, 0.25) is 0 Å². The summed E-state index contributed by atoms with van der Waals surface area (Å²) < 4.78 is 43.5. The summed E-state index contributed by atoms with van der Waals surface area (Å²) in [6, 6.07) is 33.0. The van der Waals surface area contributed by atoms with E-state index >= 15 is 0 Å². The van der Waals surface area contributed by atoms with Gasteiger partial charge in [0.25, 0.3) is 0 Å². The number of rotatable bonds is 10. The molecule has 1 heterocycles. The monoisotopic (exact) mass is 477 g/mol. The Balaban J connectivity index is 1.53. The standard InChI is InChI=1S/C29H28F3N2O/c30-29(31,32)35-27-16-14-23(15-17-27)21-33-26(22-34-18-8-3-9-19-34)20-28(24-10-4-1-5-11-24)25-12-6-2-7-13-25/h1-19,26,28,33H,20-22H2/q+1/t26-/m1/s1. The summed E-state index contributed by atoms with van der Waals surface area (Å²) in [6.45, 7) is 1.28. The van der Waals surface area contributed by atoms with Crippen molar-refractivity contribution in [2.45, 2.75) is 37.8 Å². The molecule has 0 aliphatic carbocycles. The number of nitrogens with one attached hydrogen (secondary N) is 1. The smallest absolute Gasteiger partial charge is 0.406 e. The SMILES string of the molecule is FC(F)(F)Oc1ccc(CN[C@H](CC(c2ccccc2)c2ccccc2)C[n+]2ccccc2)cc1. The Morgan fingerprint density at radius 3 is 1.80 bits per heavy atom. The van der Waals surface area contributed by atoms with Crippen molar-refractivity contribution in [3.05, 3.63) is 132 Å². The molecule has 4 rings (SSSR count). The summed E-state index contributed by atoms with van der Waals surface area (Å²) in [5.74, 6) is -0.0207. The van der Waals surface area contributed by atoms with Crippen molar-refractivity contribution < 1.29 is 22.5 Å². The number of aromatic nitrogens is 1. The van der Waals surface area contributed by atoms with Crippen molar-refractivity contribution in [3.63, 3.8) is 0 Å². The molecule has 0 bridgehead atoms. The molecule has 1 aromatic heterocycles. The second-order valence-electron chi connectivity index (χ2n) is 8.45. The Morgan fingerprint density at radius 1 is 0.714 bits per heavy atom. The summed E-state index contributed by atoms with van der Waals surface area (Å²) in [7, 11) is 0. The van der Waals surface area contributed by atoms with Crippen LogP contribution in [0.15, 0.2) is 116 Å². The van der Waals surface area contributed by atoms with Gasteiger partial charge < -0.3 is 10.1 Å². The first-order valence-electron chi connectivity index (χ1n) is 11.6. The quantitative estimate of drug-likeness (QED) is 0.273. The summed E-state index contributed by atoms with van der Waals surface area (Å²) >= 11 is 0. The van der Waals surface area contributed by atoms with Crippen molar-refractivity contribution in [2.24, 2.45) is 0 Å². The average Bonchev–Trinajstić information content (AvgIpc) is 2.87. The molecular weight excluding hydrogens is 449 g/mol. The lowest BCUT2D eigenvalue weighted by Gasteiger charge is -2.24. The predicted octanol–water partition coefficient (Wildman–Crippen LogP) is 6.25. The fourth-order valence-corrected chi connectivity index (χ4v) is 4.22. The van der Waals surface area contributed by atoms with Crippen LogP contribution in [-0.2, 0) is 13.1 Å². The lowest BCUT2D eigenvalue weighted by molar-refractivity contribution is -0.699. The second kappa shape index (κ2) is 11.7. The molecule has 0 saturated heterocycles. The number of nitrogens with zero attached hydrogens (tertiary/aromatic N) is 1. The van der Waals surface area contributed by atoms with Crippen molar-refractivity contribution in [1.29, 1.82) is 0 Å². The van der Waals surface area contributed by atoms with E-state index in [1.54, 1.807) is 12.1 Å². The molecule has 0 unspecified atom stereocenters. The van der Waals surface area contributed by atoms with Gasteiger partial charge in [0.15, 0.2) is 18.9 Å². The molecule has 4 aromatic rings. The number of benzene rings is 3. The Kier molecular flexibility index (Phi) is 8.16. The van der Waals surface area contributed by atoms with Gasteiger partial charge in [-0.3, -0.25) is 0 Å². The molecule has 3 aromatic carbocycles. The third kappa shape index (κ3) is 7.69. The minimum absolute atomic E-state index is 0.110. The predicted molar refractivity (Wildman–Crippen MR) is 130 cm³/mol. The Morgan fingerprint density at radius 2 is 1.26 bits per heavy atom. The van der Waals surface area contributed by atoms with Gasteiger partial charge in [-0.15, -0.1) is 13.2 Å². The molecule has 0 spiro atoms. The Hall–Kier alpha value is -3.64. The van der Waals surface area contributed by atoms with Crippen molar-refractivity contribution in [1.82, 2.24) is 5.32 Å². The van der Waals surface area contributed by atoms with E-state index in [0.29, 0.717) is 6.54 Å². The Labute approximate surface area is 203 Å². The molecule has 3 nitrogen and oxygen atoms in total. The van der Waals surface area contributed by atoms with Crippen molar-refractivity contribution in [3.8, 4) is 5.75 Å².